The Bertz CT molecular complexity index is 3360. The molecular formula is C62H69BrF2N10O2. The summed E-state index contributed by atoms with van der Waals surface area (Å²) in [4.78, 5) is 43.2. The average molecular weight is 1100 g/mol. The van der Waals surface area contributed by atoms with E-state index in [2.05, 4.69) is 82.5 Å². The molecule has 0 saturated carbocycles. The number of hydrogen-bond donors (Lipinski definition) is 1. The van der Waals surface area contributed by atoms with Gasteiger partial charge in [-0.05, 0) is 140 Å². The van der Waals surface area contributed by atoms with Crippen molar-refractivity contribution >= 4 is 61.0 Å². The van der Waals surface area contributed by atoms with Crippen molar-refractivity contribution in [1.29, 1.82) is 0 Å². The molecule has 6 aromatic rings. The topological polar surface area (TPSA) is 116 Å². The van der Waals surface area contributed by atoms with Gasteiger partial charge >= 0.3 is 0 Å². The summed E-state index contributed by atoms with van der Waals surface area (Å²) in [6, 6.07) is 28.8. The van der Waals surface area contributed by atoms with Crippen LogP contribution < -0.4 is 5.32 Å². The van der Waals surface area contributed by atoms with Crippen molar-refractivity contribution < 1.29 is 18.4 Å². The molecular weight excluding hydrogens is 1030 g/mol. The molecule has 400 valence electrons. The van der Waals surface area contributed by atoms with Gasteiger partial charge in [0.15, 0.2) is 0 Å². The largest absolute Gasteiger partial charge is 0.338 e. The summed E-state index contributed by atoms with van der Waals surface area (Å²) in [6.07, 6.45) is 16.4. The number of halogens is 3. The first kappa shape index (κ1) is 51.6. The highest BCUT2D eigenvalue weighted by Crippen LogP contribution is 2.43. The Morgan fingerprint density at radius 2 is 1.17 bits per heavy atom. The van der Waals surface area contributed by atoms with E-state index in [1.165, 1.54) is 54.0 Å². The molecule has 14 rings (SSSR count). The molecule has 2 unspecified atom stereocenters. The van der Waals surface area contributed by atoms with Gasteiger partial charge in [-0.25, -0.2) is 8.78 Å². The summed E-state index contributed by atoms with van der Waals surface area (Å²) in [5.74, 6) is 1.16. The minimum absolute atomic E-state index is 0.126. The number of nitrogens with zero attached hydrogens (tertiary/aromatic N) is 9. The van der Waals surface area contributed by atoms with Gasteiger partial charge in [0, 0.05) is 117 Å². The molecule has 8 aliphatic rings. The van der Waals surface area contributed by atoms with E-state index in [9.17, 15) is 18.4 Å². The summed E-state index contributed by atoms with van der Waals surface area (Å²) in [5.41, 5.74) is 13.4. The number of carbonyl (C=O) groups is 2. The van der Waals surface area contributed by atoms with Crippen LogP contribution in [0, 0.1) is 23.5 Å². The maximum atomic E-state index is 14.4. The third kappa shape index (κ3) is 10.6. The van der Waals surface area contributed by atoms with E-state index in [0.717, 1.165) is 115 Å². The van der Waals surface area contributed by atoms with Gasteiger partial charge in [0.2, 0.25) is 11.8 Å². The van der Waals surface area contributed by atoms with Gasteiger partial charge in [0.1, 0.15) is 11.6 Å². The smallest absolute Gasteiger partial charge is 0.223 e. The monoisotopic (exact) mass is 1100 g/mol. The predicted molar refractivity (Wildman–Crippen MR) is 303 cm³/mol. The number of rotatable bonds is 9. The molecule has 1 N–H and O–H groups in total. The molecule has 4 saturated heterocycles. The second kappa shape index (κ2) is 22.3. The van der Waals surface area contributed by atoms with Crippen LogP contribution in [-0.4, -0.2) is 121 Å². The number of aliphatic imine (C=N–C) groups is 2. The Kier molecular flexibility index (Phi) is 14.9. The highest BCUT2D eigenvalue weighted by atomic mass is 79.9. The first-order valence-corrected chi connectivity index (χ1v) is 29.1. The zero-order valence-corrected chi connectivity index (χ0v) is 45.9. The average Bonchev–Trinajstić information content (AvgIpc) is 4.38. The van der Waals surface area contributed by atoms with Crippen LogP contribution >= 0.6 is 15.9 Å². The van der Waals surface area contributed by atoms with Crippen LogP contribution in [0.15, 0.2) is 130 Å². The van der Waals surface area contributed by atoms with Crippen LogP contribution in [0.5, 0.6) is 0 Å². The van der Waals surface area contributed by atoms with Crippen molar-refractivity contribution in [2.45, 2.75) is 113 Å². The number of carbonyl (C=O) groups excluding carboxylic acids is 2. The number of aromatic nitrogens is 4. The molecule has 0 aliphatic carbocycles. The normalized spacial score (nSPS) is 24.6. The molecule has 2 aromatic heterocycles. The van der Waals surface area contributed by atoms with Crippen LogP contribution in [0.4, 0.5) is 8.78 Å². The van der Waals surface area contributed by atoms with E-state index >= 15 is 0 Å². The molecule has 6 atom stereocenters. The van der Waals surface area contributed by atoms with E-state index in [1.807, 2.05) is 54.1 Å². The molecule has 10 heterocycles. The first-order valence-electron chi connectivity index (χ1n) is 28.0. The van der Waals surface area contributed by atoms with E-state index < -0.39 is 0 Å². The zero-order valence-electron chi connectivity index (χ0n) is 44.3. The van der Waals surface area contributed by atoms with Crippen LogP contribution in [0.25, 0.3) is 21.8 Å². The maximum absolute atomic E-state index is 14.4. The maximum Gasteiger partial charge on any atom is 0.223 e. The lowest BCUT2D eigenvalue weighted by molar-refractivity contribution is -0.133. The van der Waals surface area contributed by atoms with E-state index in [1.54, 1.807) is 24.3 Å². The summed E-state index contributed by atoms with van der Waals surface area (Å²) < 4.78 is 30.7. The van der Waals surface area contributed by atoms with Gasteiger partial charge in [-0.1, -0.05) is 64.5 Å². The third-order valence-corrected chi connectivity index (χ3v) is 18.8. The molecule has 8 aliphatic heterocycles. The van der Waals surface area contributed by atoms with Crippen molar-refractivity contribution in [2.75, 3.05) is 39.3 Å². The van der Waals surface area contributed by atoms with Gasteiger partial charge in [-0.2, -0.15) is 10.2 Å². The molecule has 2 amide bonds. The SMILES string of the molecule is Cn1ncc2cc(C3=NCC4=C3CN(C(=O)CC3CC[C@H]5CC[C@@H]3N5)CC4)ccc21.Cn1ncc2cc(C3=NCC4=C3CN(C(=O)CC3CC[C@H]5CC[C@@H]3N5Cc3ccccc3F)CC4)ccc21.Fc1ccccc1CBr. The number of amides is 2. The van der Waals surface area contributed by atoms with Crippen molar-refractivity contribution in [2.24, 2.45) is 35.9 Å². The summed E-state index contributed by atoms with van der Waals surface area (Å²) >= 11 is 3.17. The minimum Gasteiger partial charge on any atom is -0.338 e. The van der Waals surface area contributed by atoms with Crippen LogP contribution in [0.2, 0.25) is 0 Å². The lowest BCUT2D eigenvalue weighted by Gasteiger charge is -2.41. The number of fused-ring (bicyclic) bond motifs is 6. The summed E-state index contributed by atoms with van der Waals surface area (Å²) in [5, 5.41) is 15.3. The van der Waals surface area contributed by atoms with Gasteiger partial charge in [0.25, 0.3) is 0 Å². The highest BCUT2D eigenvalue weighted by Gasteiger charge is 2.44. The molecule has 4 fully saturated rings. The standard InChI is InChI=1S/C31H34FN5O.C24H29N5O.C7H6BrF/c1-35-28-10-7-21(14-24(28)17-34-35)31-26-19-36(13-12-22(26)16-33-31)30(38)15-20-6-8-25-9-11-29(20)37(25)18-23-4-2-3-5-27(23)32;1-28-22-7-3-16(10-18(22)13-26-28)24-20-14-29(9-8-17(20)12-25-24)23(30)11-15-2-4-19-5-6-21(15)27-19;8-5-6-3-1-2-4-7(6)9/h2-5,7,10,14,17,20,25,29H,6,8-9,11-13,15-16,18-19H2,1H3;3,7,10,13,15,19,21,27H,2,4-6,8-9,11-12,14H2,1H3;1-4H,5H2/t20?,25-,29-;15?,19-,21-;/m00./s1. The quantitative estimate of drug-likeness (QED) is 0.144. The van der Waals surface area contributed by atoms with E-state index in [0.29, 0.717) is 85.3 Å². The summed E-state index contributed by atoms with van der Waals surface area (Å²) in [7, 11) is 3.92. The summed E-state index contributed by atoms with van der Waals surface area (Å²) in [6.45, 7) is 5.16. The van der Waals surface area contributed by atoms with Crippen molar-refractivity contribution in [3.05, 3.63) is 154 Å². The number of aryl methyl sites for hydroxylation is 2. The van der Waals surface area contributed by atoms with Crippen LogP contribution in [-0.2, 0) is 35.6 Å². The predicted octanol–water partition coefficient (Wildman–Crippen LogP) is 10.4. The fourth-order valence-electron chi connectivity index (χ4n) is 13.9. The van der Waals surface area contributed by atoms with Crippen LogP contribution in [0.3, 0.4) is 0 Å². The Morgan fingerprint density at radius 3 is 1.74 bits per heavy atom. The number of piperidine rings is 2. The first-order chi connectivity index (χ1) is 37.5. The lowest BCUT2D eigenvalue weighted by Crippen LogP contribution is -2.46. The van der Waals surface area contributed by atoms with Crippen LogP contribution in [0.1, 0.15) is 99.3 Å². The second-order valence-electron chi connectivity index (χ2n) is 22.6. The molecule has 15 heteroatoms. The van der Waals surface area contributed by atoms with Crippen molar-refractivity contribution in [3.8, 4) is 0 Å². The molecule has 4 aromatic carbocycles. The zero-order chi connectivity index (χ0) is 52.7. The fraction of sp³-hybridized carbons (Fsp3) is 0.452. The van der Waals surface area contributed by atoms with E-state index in [4.69, 9.17) is 9.98 Å². The lowest BCUT2D eigenvalue weighted by atomic mass is 9.86. The van der Waals surface area contributed by atoms with Gasteiger partial charge in [-0.15, -0.1) is 0 Å². The third-order valence-electron chi connectivity index (χ3n) is 18.2. The fourth-order valence-corrected chi connectivity index (χ4v) is 14.3. The van der Waals surface area contributed by atoms with Gasteiger partial charge in [-0.3, -0.25) is 33.8 Å². The van der Waals surface area contributed by atoms with E-state index in [-0.39, 0.29) is 17.5 Å². The second-order valence-corrected chi connectivity index (χ2v) is 23.2. The Hall–Kier alpha value is -6.16. The number of alkyl halides is 1. The molecule has 77 heavy (non-hydrogen) atoms. The van der Waals surface area contributed by atoms with Crippen molar-refractivity contribution in [3.63, 3.8) is 0 Å². The van der Waals surface area contributed by atoms with Gasteiger partial charge in [0.05, 0.1) is 47.9 Å². The number of benzene rings is 4. The number of hydrogen-bond acceptors (Lipinski definition) is 8. The molecule has 0 spiro atoms. The van der Waals surface area contributed by atoms with Crippen molar-refractivity contribution in [1.82, 2.24) is 39.6 Å². The molecule has 4 bridgehead atoms. The highest BCUT2D eigenvalue weighted by molar-refractivity contribution is 9.08. The van der Waals surface area contributed by atoms with Gasteiger partial charge < -0.3 is 15.1 Å². The number of nitrogens with one attached hydrogen (secondary N) is 1. The Balaban J connectivity index is 0.000000136. The molecule has 0 radical (unpaired) electrons. The minimum atomic E-state index is -0.144. The molecule has 12 nitrogen and oxygen atoms in total. The Morgan fingerprint density at radius 1 is 0.636 bits per heavy atom. The Labute approximate surface area is 458 Å².